The largest absolute Gasteiger partial charge is 0.304 e. The van der Waals surface area contributed by atoms with Gasteiger partial charge in [0.2, 0.25) is 0 Å². The van der Waals surface area contributed by atoms with Crippen LogP contribution >= 0.6 is 23.6 Å². The number of H-pyrrole nitrogens is 1. The van der Waals surface area contributed by atoms with Crippen LogP contribution in [0.25, 0.3) is 10.7 Å². The molecule has 0 spiro atoms. The third-order valence-electron chi connectivity index (χ3n) is 3.27. The van der Waals surface area contributed by atoms with E-state index < -0.39 is 0 Å². The first-order valence-electron chi connectivity index (χ1n) is 6.49. The predicted molar refractivity (Wildman–Crippen MR) is 83.1 cm³/mol. The van der Waals surface area contributed by atoms with Gasteiger partial charge in [-0.1, -0.05) is 6.07 Å². The van der Waals surface area contributed by atoms with Crippen LogP contribution in [0, 0.1) is 4.77 Å². The number of nitrogens with zero attached hydrogens (tertiary/aromatic N) is 3. The molecule has 2 heterocycles. The zero-order valence-corrected chi connectivity index (χ0v) is 13.2. The van der Waals surface area contributed by atoms with Crippen molar-refractivity contribution in [2.75, 3.05) is 13.6 Å². The second-order valence-electron chi connectivity index (χ2n) is 4.91. The average Bonchev–Trinajstić information content (AvgIpc) is 2.99. The Morgan fingerprint density at radius 2 is 2.32 bits per heavy atom. The van der Waals surface area contributed by atoms with Gasteiger partial charge in [-0.2, -0.15) is 5.10 Å². The number of rotatable bonds is 6. The fourth-order valence-electron chi connectivity index (χ4n) is 1.86. The van der Waals surface area contributed by atoms with Gasteiger partial charge in [-0.15, -0.1) is 11.3 Å². The SMILES string of the molecule is CC(C)N(C)CCCn1c(-c2cccs2)n[nH]c1=S. The fourth-order valence-corrected chi connectivity index (χ4v) is 2.80. The van der Waals surface area contributed by atoms with Gasteiger partial charge in [-0.05, 0) is 57.5 Å². The van der Waals surface area contributed by atoms with Gasteiger partial charge in [-0.3, -0.25) is 9.67 Å². The lowest BCUT2D eigenvalue weighted by Crippen LogP contribution is -2.27. The van der Waals surface area contributed by atoms with Crippen molar-refractivity contribution in [2.45, 2.75) is 32.9 Å². The third-order valence-corrected chi connectivity index (χ3v) is 4.45. The summed E-state index contributed by atoms with van der Waals surface area (Å²) in [6, 6.07) is 4.69. The van der Waals surface area contributed by atoms with E-state index in [2.05, 4.69) is 52.0 Å². The lowest BCUT2D eigenvalue weighted by molar-refractivity contribution is 0.265. The third kappa shape index (κ3) is 3.52. The monoisotopic (exact) mass is 296 g/mol. The Balaban J connectivity index is 2.05. The van der Waals surface area contributed by atoms with Crippen LogP contribution in [0.3, 0.4) is 0 Å². The first-order chi connectivity index (χ1) is 9.09. The zero-order valence-electron chi connectivity index (χ0n) is 11.6. The van der Waals surface area contributed by atoms with E-state index in [1.165, 1.54) is 0 Å². The van der Waals surface area contributed by atoms with E-state index in [9.17, 15) is 0 Å². The number of hydrogen-bond acceptors (Lipinski definition) is 4. The Hall–Kier alpha value is -0.980. The molecule has 0 atom stereocenters. The quantitative estimate of drug-likeness (QED) is 0.830. The van der Waals surface area contributed by atoms with Crippen molar-refractivity contribution < 1.29 is 0 Å². The molecule has 4 nitrogen and oxygen atoms in total. The number of aromatic nitrogens is 3. The molecule has 0 radical (unpaired) electrons. The summed E-state index contributed by atoms with van der Waals surface area (Å²) in [5.41, 5.74) is 0. The highest BCUT2D eigenvalue weighted by Gasteiger charge is 2.10. The van der Waals surface area contributed by atoms with Gasteiger partial charge in [0.1, 0.15) is 0 Å². The fraction of sp³-hybridized carbons (Fsp3) is 0.538. The molecule has 104 valence electrons. The minimum absolute atomic E-state index is 0.578. The molecule has 0 aliphatic carbocycles. The number of hydrogen-bond donors (Lipinski definition) is 1. The molecular formula is C13H20N4S2. The summed E-state index contributed by atoms with van der Waals surface area (Å²) in [5.74, 6) is 0.951. The first kappa shape index (κ1) is 14.4. The smallest absolute Gasteiger partial charge is 0.195 e. The van der Waals surface area contributed by atoms with Crippen molar-refractivity contribution in [1.29, 1.82) is 0 Å². The van der Waals surface area contributed by atoms with Crippen LogP contribution in [-0.4, -0.2) is 39.3 Å². The molecule has 0 fully saturated rings. The summed E-state index contributed by atoms with van der Waals surface area (Å²) in [6.45, 7) is 6.38. The van der Waals surface area contributed by atoms with E-state index in [1.807, 2.05) is 6.07 Å². The maximum absolute atomic E-state index is 5.31. The molecule has 2 aromatic rings. The molecule has 0 unspecified atom stereocenters. The zero-order chi connectivity index (χ0) is 13.8. The predicted octanol–water partition coefficient (Wildman–Crippen LogP) is 3.40. The van der Waals surface area contributed by atoms with Gasteiger partial charge in [0, 0.05) is 12.6 Å². The summed E-state index contributed by atoms with van der Waals surface area (Å²) in [7, 11) is 2.15. The Kier molecular flexibility index (Phi) is 4.90. The molecule has 0 saturated carbocycles. The highest BCUT2D eigenvalue weighted by atomic mass is 32.1. The van der Waals surface area contributed by atoms with Crippen LogP contribution in [0.15, 0.2) is 17.5 Å². The number of aromatic amines is 1. The molecule has 0 amide bonds. The molecule has 1 N–H and O–H groups in total. The van der Waals surface area contributed by atoms with Crippen molar-refractivity contribution in [3.05, 3.63) is 22.3 Å². The molecular weight excluding hydrogens is 276 g/mol. The van der Waals surface area contributed by atoms with Gasteiger partial charge in [0.05, 0.1) is 4.88 Å². The molecule has 0 aliphatic rings. The van der Waals surface area contributed by atoms with E-state index in [0.717, 1.165) is 30.2 Å². The van der Waals surface area contributed by atoms with E-state index in [4.69, 9.17) is 12.2 Å². The molecule has 2 rings (SSSR count). The molecule has 0 bridgehead atoms. The second kappa shape index (κ2) is 6.45. The Bertz CT molecular complexity index is 553. The van der Waals surface area contributed by atoms with Crippen molar-refractivity contribution in [1.82, 2.24) is 19.7 Å². The highest BCUT2D eigenvalue weighted by molar-refractivity contribution is 7.71. The lowest BCUT2D eigenvalue weighted by Gasteiger charge is -2.20. The van der Waals surface area contributed by atoms with Gasteiger partial charge < -0.3 is 4.90 Å². The second-order valence-corrected chi connectivity index (χ2v) is 6.24. The highest BCUT2D eigenvalue weighted by Crippen LogP contribution is 2.22. The first-order valence-corrected chi connectivity index (χ1v) is 7.77. The summed E-state index contributed by atoms with van der Waals surface area (Å²) >= 11 is 7.00. The van der Waals surface area contributed by atoms with E-state index >= 15 is 0 Å². The Labute approximate surface area is 123 Å². The average molecular weight is 296 g/mol. The Morgan fingerprint density at radius 1 is 1.53 bits per heavy atom. The topological polar surface area (TPSA) is 36.9 Å². The minimum Gasteiger partial charge on any atom is -0.304 e. The maximum Gasteiger partial charge on any atom is 0.195 e. The number of nitrogens with one attached hydrogen (secondary N) is 1. The summed E-state index contributed by atoms with van der Waals surface area (Å²) in [4.78, 5) is 3.50. The summed E-state index contributed by atoms with van der Waals surface area (Å²) < 4.78 is 2.80. The Morgan fingerprint density at radius 3 is 2.95 bits per heavy atom. The molecule has 6 heteroatoms. The van der Waals surface area contributed by atoms with Crippen LogP contribution in [0.5, 0.6) is 0 Å². The molecule has 0 aromatic carbocycles. The molecule has 0 aliphatic heterocycles. The van der Waals surface area contributed by atoms with Gasteiger partial charge >= 0.3 is 0 Å². The molecule has 2 aromatic heterocycles. The standard InChI is InChI=1S/C13H20N4S2/c1-10(2)16(3)7-5-8-17-12(14-15-13(17)18)11-6-4-9-19-11/h4,6,9-10H,5,7-8H2,1-3H3,(H,15,18). The maximum atomic E-state index is 5.31. The lowest BCUT2D eigenvalue weighted by atomic mass is 10.3. The van der Waals surface area contributed by atoms with Crippen molar-refractivity contribution in [3.8, 4) is 10.7 Å². The van der Waals surface area contributed by atoms with E-state index in [1.54, 1.807) is 11.3 Å². The van der Waals surface area contributed by atoms with Crippen molar-refractivity contribution in [2.24, 2.45) is 0 Å². The number of thiophene rings is 1. The van der Waals surface area contributed by atoms with E-state index in [0.29, 0.717) is 10.8 Å². The van der Waals surface area contributed by atoms with Gasteiger partial charge in [0.15, 0.2) is 10.6 Å². The van der Waals surface area contributed by atoms with Crippen LogP contribution in [-0.2, 0) is 6.54 Å². The molecule has 0 saturated heterocycles. The van der Waals surface area contributed by atoms with Crippen molar-refractivity contribution in [3.63, 3.8) is 0 Å². The van der Waals surface area contributed by atoms with Crippen LogP contribution in [0.4, 0.5) is 0 Å². The summed E-state index contributed by atoms with van der Waals surface area (Å²) in [6.07, 6.45) is 1.07. The molecule has 19 heavy (non-hydrogen) atoms. The van der Waals surface area contributed by atoms with Crippen LogP contribution in [0.2, 0.25) is 0 Å². The van der Waals surface area contributed by atoms with E-state index in [-0.39, 0.29) is 0 Å². The van der Waals surface area contributed by atoms with Gasteiger partial charge in [-0.25, -0.2) is 0 Å². The van der Waals surface area contributed by atoms with Crippen LogP contribution in [0.1, 0.15) is 20.3 Å². The summed E-state index contributed by atoms with van der Waals surface area (Å²) in [5, 5.41) is 9.29. The minimum atomic E-state index is 0.578. The normalized spacial score (nSPS) is 11.6. The van der Waals surface area contributed by atoms with Crippen LogP contribution < -0.4 is 0 Å². The van der Waals surface area contributed by atoms with Gasteiger partial charge in [0.25, 0.3) is 0 Å². The van der Waals surface area contributed by atoms with Crippen molar-refractivity contribution >= 4 is 23.6 Å².